The largest absolute Gasteiger partial charge is 0.456 e. The summed E-state index contributed by atoms with van der Waals surface area (Å²) in [4.78, 5) is 24.2. The molecule has 1 N–H and O–H groups in total. The van der Waals surface area contributed by atoms with Crippen LogP contribution in [-0.2, 0) is 24.3 Å². The number of nitrogens with one attached hydrogen (secondary N) is 1. The molecule has 0 saturated heterocycles. The van der Waals surface area contributed by atoms with Gasteiger partial charge in [-0.1, -0.05) is 51.1 Å². The van der Waals surface area contributed by atoms with Crippen molar-refractivity contribution in [2.45, 2.75) is 38.0 Å². The molecule has 0 aliphatic carbocycles. The maximum atomic E-state index is 12.5. The predicted molar refractivity (Wildman–Crippen MR) is 116 cm³/mol. The van der Waals surface area contributed by atoms with E-state index in [9.17, 15) is 18.0 Å². The van der Waals surface area contributed by atoms with E-state index < -0.39 is 28.5 Å². The fourth-order valence-corrected chi connectivity index (χ4v) is 4.43. The molecule has 2 aromatic rings. The number of nitrogens with zero attached hydrogens (tertiary/aromatic N) is 1. The standard InChI is InChI=1S/C22H28N2O5S/c1-4-24(5-2)30(27,28)20-13-11-19(12-14-20)23-21(25)16-29-22(26)15-17(3)18-9-7-6-8-10-18/h6-14,17H,4-5,15-16H2,1-3H3,(H,23,25). The zero-order valence-electron chi connectivity index (χ0n) is 17.5. The maximum Gasteiger partial charge on any atom is 0.306 e. The van der Waals surface area contributed by atoms with Crippen LogP contribution in [0.25, 0.3) is 0 Å². The Balaban J connectivity index is 1.85. The normalized spacial score (nSPS) is 12.4. The first kappa shape index (κ1) is 23.6. The minimum atomic E-state index is -3.55. The number of anilines is 1. The Morgan fingerprint density at radius 3 is 2.17 bits per heavy atom. The molecule has 0 fully saturated rings. The van der Waals surface area contributed by atoms with E-state index >= 15 is 0 Å². The minimum Gasteiger partial charge on any atom is -0.456 e. The number of ether oxygens (including phenoxy) is 1. The highest BCUT2D eigenvalue weighted by atomic mass is 32.2. The van der Waals surface area contributed by atoms with Crippen molar-refractivity contribution in [3.05, 3.63) is 60.2 Å². The summed E-state index contributed by atoms with van der Waals surface area (Å²) < 4.78 is 31.4. The third-order valence-corrected chi connectivity index (χ3v) is 6.75. The van der Waals surface area contributed by atoms with Crippen LogP contribution in [0.2, 0.25) is 0 Å². The van der Waals surface area contributed by atoms with Gasteiger partial charge in [-0.2, -0.15) is 4.31 Å². The van der Waals surface area contributed by atoms with E-state index in [1.807, 2.05) is 37.3 Å². The number of sulfonamides is 1. The second kappa shape index (κ2) is 10.9. The summed E-state index contributed by atoms with van der Waals surface area (Å²) in [6.07, 6.45) is 0.176. The number of esters is 1. The Hall–Kier alpha value is -2.71. The first-order valence-electron chi connectivity index (χ1n) is 9.88. The smallest absolute Gasteiger partial charge is 0.306 e. The highest BCUT2D eigenvalue weighted by molar-refractivity contribution is 7.89. The van der Waals surface area contributed by atoms with Crippen LogP contribution in [0.5, 0.6) is 0 Å². The maximum absolute atomic E-state index is 12.5. The van der Waals surface area contributed by atoms with Crippen molar-refractivity contribution in [3.63, 3.8) is 0 Å². The zero-order valence-corrected chi connectivity index (χ0v) is 18.3. The van der Waals surface area contributed by atoms with Crippen LogP contribution < -0.4 is 5.32 Å². The SMILES string of the molecule is CCN(CC)S(=O)(=O)c1ccc(NC(=O)COC(=O)CC(C)c2ccccc2)cc1. The Labute approximate surface area is 178 Å². The first-order valence-corrected chi connectivity index (χ1v) is 11.3. The van der Waals surface area contributed by atoms with E-state index in [1.165, 1.54) is 28.6 Å². The van der Waals surface area contributed by atoms with Gasteiger partial charge < -0.3 is 10.1 Å². The van der Waals surface area contributed by atoms with Crippen LogP contribution in [0, 0.1) is 0 Å². The van der Waals surface area contributed by atoms with E-state index in [0.29, 0.717) is 18.8 Å². The van der Waals surface area contributed by atoms with Gasteiger partial charge in [-0.15, -0.1) is 0 Å². The minimum absolute atomic E-state index is 0.0120. The van der Waals surface area contributed by atoms with Gasteiger partial charge in [0.1, 0.15) is 0 Å². The second-order valence-electron chi connectivity index (χ2n) is 6.84. The number of amides is 1. The molecule has 0 bridgehead atoms. The van der Waals surface area contributed by atoms with Crippen LogP contribution in [0.1, 0.15) is 38.7 Å². The van der Waals surface area contributed by atoms with Crippen molar-refractivity contribution in [1.29, 1.82) is 0 Å². The summed E-state index contributed by atoms with van der Waals surface area (Å²) >= 11 is 0. The summed E-state index contributed by atoms with van der Waals surface area (Å²) in [5.41, 5.74) is 1.45. The summed E-state index contributed by atoms with van der Waals surface area (Å²) in [5, 5.41) is 2.59. The van der Waals surface area contributed by atoms with Gasteiger partial charge in [-0.25, -0.2) is 8.42 Å². The molecule has 1 unspecified atom stereocenters. The first-order chi connectivity index (χ1) is 14.3. The van der Waals surface area contributed by atoms with Crippen molar-refractivity contribution in [1.82, 2.24) is 4.31 Å². The second-order valence-corrected chi connectivity index (χ2v) is 8.78. The molecule has 0 spiro atoms. The Kier molecular flexibility index (Phi) is 8.56. The van der Waals surface area contributed by atoms with E-state index in [2.05, 4.69) is 5.32 Å². The van der Waals surface area contributed by atoms with Crippen molar-refractivity contribution < 1.29 is 22.7 Å². The molecule has 0 aromatic heterocycles. The molecular weight excluding hydrogens is 404 g/mol. The average Bonchev–Trinajstić information content (AvgIpc) is 2.74. The summed E-state index contributed by atoms with van der Waals surface area (Å²) in [6.45, 7) is 5.83. The molecular formula is C22H28N2O5S. The molecule has 2 rings (SSSR count). The molecule has 8 heteroatoms. The molecule has 1 atom stereocenters. The lowest BCUT2D eigenvalue weighted by Gasteiger charge is -2.18. The lowest BCUT2D eigenvalue weighted by atomic mass is 9.98. The quantitative estimate of drug-likeness (QED) is 0.581. The fourth-order valence-electron chi connectivity index (χ4n) is 2.97. The summed E-state index contributed by atoms with van der Waals surface area (Å²) in [7, 11) is -3.55. The molecule has 0 saturated carbocycles. The Bertz CT molecular complexity index is 939. The third-order valence-electron chi connectivity index (χ3n) is 4.69. The van der Waals surface area contributed by atoms with Gasteiger partial charge in [0.2, 0.25) is 10.0 Å². The molecule has 0 radical (unpaired) electrons. The number of hydrogen-bond acceptors (Lipinski definition) is 5. The lowest BCUT2D eigenvalue weighted by molar-refractivity contribution is -0.147. The van der Waals surface area contributed by atoms with Gasteiger partial charge in [-0.05, 0) is 35.7 Å². The zero-order chi connectivity index (χ0) is 22.1. The van der Waals surface area contributed by atoms with Gasteiger partial charge in [0, 0.05) is 18.8 Å². The van der Waals surface area contributed by atoms with Crippen LogP contribution in [0.3, 0.4) is 0 Å². The lowest BCUT2D eigenvalue weighted by Crippen LogP contribution is -2.30. The molecule has 30 heavy (non-hydrogen) atoms. The van der Waals surface area contributed by atoms with Crippen molar-refractivity contribution in [3.8, 4) is 0 Å². The number of carbonyl (C=O) groups is 2. The van der Waals surface area contributed by atoms with Crippen LogP contribution in [0.15, 0.2) is 59.5 Å². The Morgan fingerprint density at radius 2 is 1.60 bits per heavy atom. The average molecular weight is 433 g/mol. The summed E-state index contributed by atoms with van der Waals surface area (Å²) in [6, 6.07) is 15.5. The molecule has 0 aliphatic rings. The fraction of sp³-hybridized carbons (Fsp3) is 0.364. The van der Waals surface area contributed by atoms with Crippen molar-refractivity contribution >= 4 is 27.6 Å². The highest BCUT2D eigenvalue weighted by Crippen LogP contribution is 2.20. The topological polar surface area (TPSA) is 92.8 Å². The molecule has 7 nitrogen and oxygen atoms in total. The molecule has 0 aliphatic heterocycles. The third kappa shape index (κ3) is 6.40. The Morgan fingerprint density at radius 1 is 1.00 bits per heavy atom. The van der Waals surface area contributed by atoms with E-state index in [1.54, 1.807) is 13.8 Å². The van der Waals surface area contributed by atoms with Crippen molar-refractivity contribution in [2.75, 3.05) is 25.0 Å². The summed E-state index contributed by atoms with van der Waals surface area (Å²) in [5.74, 6) is -0.959. The van der Waals surface area contributed by atoms with Gasteiger partial charge in [0.15, 0.2) is 6.61 Å². The monoisotopic (exact) mass is 432 g/mol. The number of rotatable bonds is 10. The van der Waals surface area contributed by atoms with Crippen LogP contribution >= 0.6 is 0 Å². The van der Waals surface area contributed by atoms with Gasteiger partial charge >= 0.3 is 5.97 Å². The van der Waals surface area contributed by atoms with Crippen LogP contribution in [0.4, 0.5) is 5.69 Å². The van der Waals surface area contributed by atoms with E-state index in [4.69, 9.17) is 4.74 Å². The molecule has 0 heterocycles. The number of hydrogen-bond donors (Lipinski definition) is 1. The highest BCUT2D eigenvalue weighted by Gasteiger charge is 2.21. The van der Waals surface area contributed by atoms with Gasteiger partial charge in [0.25, 0.3) is 5.91 Å². The van der Waals surface area contributed by atoms with Gasteiger partial charge in [-0.3, -0.25) is 9.59 Å². The molecule has 1 amide bonds. The van der Waals surface area contributed by atoms with E-state index in [0.717, 1.165) is 5.56 Å². The van der Waals surface area contributed by atoms with Crippen molar-refractivity contribution in [2.24, 2.45) is 0 Å². The molecule has 2 aromatic carbocycles. The van der Waals surface area contributed by atoms with Crippen LogP contribution in [-0.4, -0.2) is 44.3 Å². The number of carbonyl (C=O) groups excluding carboxylic acids is 2. The predicted octanol–water partition coefficient (Wildman–Crippen LogP) is 3.39. The van der Waals surface area contributed by atoms with E-state index in [-0.39, 0.29) is 17.2 Å². The molecule has 162 valence electrons. The van der Waals surface area contributed by atoms with Gasteiger partial charge in [0.05, 0.1) is 11.3 Å². The number of benzene rings is 2.